The first kappa shape index (κ1) is 19.3. The molecule has 0 saturated heterocycles. The van der Waals surface area contributed by atoms with Gasteiger partial charge in [0.2, 0.25) is 0 Å². The van der Waals surface area contributed by atoms with E-state index in [1.54, 1.807) is 14.2 Å². The summed E-state index contributed by atoms with van der Waals surface area (Å²) in [5.74, 6) is 3.15. The Hall–Kier alpha value is -3.99. The van der Waals surface area contributed by atoms with E-state index in [9.17, 15) is 0 Å². The van der Waals surface area contributed by atoms with Gasteiger partial charge in [0.15, 0.2) is 0 Å². The van der Waals surface area contributed by atoms with E-state index in [-0.39, 0.29) is 0 Å². The largest absolute Gasteiger partial charge is 0.497 e. The normalized spacial score (nSPS) is 10.9. The Balaban J connectivity index is 1.39. The summed E-state index contributed by atoms with van der Waals surface area (Å²) in [6, 6.07) is 25.1. The highest BCUT2D eigenvalue weighted by molar-refractivity contribution is 5.81. The number of methoxy groups -OCH3 is 2. The molecular formula is C25H22N2O3. The molecule has 0 fully saturated rings. The van der Waals surface area contributed by atoms with Crippen molar-refractivity contribution in [3.8, 4) is 28.7 Å². The second-order valence-electron chi connectivity index (χ2n) is 6.58. The molecule has 0 aliphatic carbocycles. The fraction of sp³-hybridized carbons (Fsp3) is 0.0800. The number of aliphatic imine (C=N–C) groups is 1. The molecule has 3 aromatic carbocycles. The highest BCUT2D eigenvalue weighted by Crippen LogP contribution is 2.25. The van der Waals surface area contributed by atoms with Gasteiger partial charge in [-0.2, -0.15) is 0 Å². The predicted octanol–water partition coefficient (Wildman–Crippen LogP) is 6.04. The van der Waals surface area contributed by atoms with Gasteiger partial charge in [0.1, 0.15) is 23.0 Å². The fourth-order valence-corrected chi connectivity index (χ4v) is 2.93. The minimum atomic E-state index is 0.754. The molecule has 0 aliphatic heterocycles. The summed E-state index contributed by atoms with van der Waals surface area (Å²) < 4.78 is 18.3. The lowest BCUT2D eigenvalue weighted by Crippen LogP contribution is -1.90. The Kier molecular flexibility index (Phi) is 5.80. The van der Waals surface area contributed by atoms with Crippen molar-refractivity contribution in [3.63, 3.8) is 0 Å². The molecule has 0 radical (unpaired) electrons. The van der Waals surface area contributed by atoms with Crippen LogP contribution in [0, 0.1) is 0 Å². The lowest BCUT2D eigenvalue weighted by molar-refractivity contribution is 0.413. The first-order valence-corrected chi connectivity index (χ1v) is 9.52. The number of aromatic nitrogens is 1. The van der Waals surface area contributed by atoms with Crippen LogP contribution in [-0.2, 0) is 0 Å². The van der Waals surface area contributed by atoms with Gasteiger partial charge < -0.3 is 18.8 Å². The van der Waals surface area contributed by atoms with E-state index in [0.717, 1.165) is 39.9 Å². The van der Waals surface area contributed by atoms with Gasteiger partial charge in [-0.05, 0) is 78.9 Å². The topological polar surface area (TPSA) is 45.0 Å². The first-order chi connectivity index (χ1) is 14.7. The summed E-state index contributed by atoms with van der Waals surface area (Å²) in [6.07, 6.45) is 5.89. The van der Waals surface area contributed by atoms with E-state index in [0.29, 0.717) is 0 Å². The Bertz CT molecular complexity index is 1110. The molecule has 1 heterocycles. The van der Waals surface area contributed by atoms with E-state index >= 15 is 0 Å². The summed E-state index contributed by atoms with van der Waals surface area (Å²) in [5, 5.41) is 0. The Morgan fingerprint density at radius 1 is 0.667 bits per heavy atom. The molecule has 4 rings (SSSR count). The predicted molar refractivity (Wildman–Crippen MR) is 119 cm³/mol. The van der Waals surface area contributed by atoms with Crippen molar-refractivity contribution in [2.75, 3.05) is 14.2 Å². The number of ether oxygens (including phenoxy) is 3. The van der Waals surface area contributed by atoms with Crippen molar-refractivity contribution in [2.45, 2.75) is 0 Å². The molecule has 4 aromatic rings. The second-order valence-corrected chi connectivity index (χ2v) is 6.58. The second kappa shape index (κ2) is 9.01. The van der Waals surface area contributed by atoms with Crippen molar-refractivity contribution in [2.24, 2.45) is 4.99 Å². The van der Waals surface area contributed by atoms with Crippen LogP contribution in [0.4, 0.5) is 5.69 Å². The molecule has 5 heteroatoms. The summed E-state index contributed by atoms with van der Waals surface area (Å²) >= 11 is 0. The van der Waals surface area contributed by atoms with E-state index in [1.165, 1.54) is 0 Å². The minimum absolute atomic E-state index is 0.754. The number of rotatable bonds is 7. The van der Waals surface area contributed by atoms with Gasteiger partial charge >= 0.3 is 0 Å². The molecule has 0 amide bonds. The molecule has 0 N–H and O–H groups in total. The molecule has 30 heavy (non-hydrogen) atoms. The fourth-order valence-electron chi connectivity index (χ4n) is 2.93. The number of benzene rings is 3. The Morgan fingerprint density at radius 3 is 1.80 bits per heavy atom. The van der Waals surface area contributed by atoms with Gasteiger partial charge in [0.05, 0.1) is 19.9 Å². The van der Waals surface area contributed by atoms with Crippen LogP contribution in [0.3, 0.4) is 0 Å². The molecule has 0 atom stereocenters. The standard InChI is InChI=1S/C25H22N2O3/c1-28-22-9-5-21(6-10-22)27-16-15-19(18-27)17-26-20-3-7-24(8-4-20)30-25-13-11-23(29-2)12-14-25/h3-18H,1-2H3. The van der Waals surface area contributed by atoms with Crippen LogP contribution in [0.25, 0.3) is 5.69 Å². The number of hydrogen-bond donors (Lipinski definition) is 0. The van der Waals surface area contributed by atoms with E-state index in [1.807, 2.05) is 102 Å². The minimum Gasteiger partial charge on any atom is -0.497 e. The van der Waals surface area contributed by atoms with Crippen LogP contribution in [0.1, 0.15) is 5.56 Å². The third-order valence-corrected chi connectivity index (χ3v) is 4.58. The van der Waals surface area contributed by atoms with Gasteiger partial charge in [0, 0.05) is 29.9 Å². The van der Waals surface area contributed by atoms with Crippen LogP contribution < -0.4 is 14.2 Å². The summed E-state index contributed by atoms with van der Waals surface area (Å²) in [7, 11) is 3.31. The van der Waals surface area contributed by atoms with Gasteiger partial charge in [-0.15, -0.1) is 0 Å². The van der Waals surface area contributed by atoms with Crippen molar-refractivity contribution >= 4 is 11.9 Å². The number of nitrogens with zero attached hydrogens (tertiary/aromatic N) is 2. The maximum absolute atomic E-state index is 5.84. The first-order valence-electron chi connectivity index (χ1n) is 9.52. The van der Waals surface area contributed by atoms with Gasteiger partial charge in [-0.1, -0.05) is 0 Å². The third kappa shape index (κ3) is 4.70. The molecule has 0 unspecified atom stereocenters. The Morgan fingerprint density at radius 2 is 1.20 bits per heavy atom. The van der Waals surface area contributed by atoms with E-state index in [2.05, 4.69) is 4.99 Å². The van der Waals surface area contributed by atoms with Crippen LogP contribution in [-0.4, -0.2) is 25.0 Å². The molecule has 5 nitrogen and oxygen atoms in total. The maximum Gasteiger partial charge on any atom is 0.127 e. The third-order valence-electron chi connectivity index (χ3n) is 4.58. The molecular weight excluding hydrogens is 376 g/mol. The zero-order chi connectivity index (χ0) is 20.8. The SMILES string of the molecule is COc1ccc(Oc2ccc(N=Cc3ccn(-c4ccc(OC)cc4)c3)cc2)cc1. The average molecular weight is 398 g/mol. The monoisotopic (exact) mass is 398 g/mol. The van der Waals surface area contributed by atoms with Crippen molar-refractivity contribution in [3.05, 3.63) is 96.8 Å². The highest BCUT2D eigenvalue weighted by Gasteiger charge is 2.00. The van der Waals surface area contributed by atoms with E-state index < -0.39 is 0 Å². The molecule has 0 saturated carbocycles. The average Bonchev–Trinajstić information content (AvgIpc) is 3.28. The van der Waals surface area contributed by atoms with Crippen molar-refractivity contribution in [1.82, 2.24) is 4.57 Å². The van der Waals surface area contributed by atoms with Crippen LogP contribution in [0.5, 0.6) is 23.0 Å². The van der Waals surface area contributed by atoms with Crippen molar-refractivity contribution in [1.29, 1.82) is 0 Å². The van der Waals surface area contributed by atoms with Gasteiger partial charge in [-0.25, -0.2) is 0 Å². The van der Waals surface area contributed by atoms with Gasteiger partial charge in [0.25, 0.3) is 0 Å². The molecule has 0 bridgehead atoms. The van der Waals surface area contributed by atoms with Crippen LogP contribution >= 0.6 is 0 Å². The molecule has 1 aromatic heterocycles. The lowest BCUT2D eigenvalue weighted by atomic mass is 10.3. The maximum atomic E-state index is 5.84. The molecule has 0 aliphatic rings. The van der Waals surface area contributed by atoms with Crippen LogP contribution in [0.2, 0.25) is 0 Å². The smallest absolute Gasteiger partial charge is 0.127 e. The zero-order valence-corrected chi connectivity index (χ0v) is 16.9. The highest BCUT2D eigenvalue weighted by atomic mass is 16.5. The van der Waals surface area contributed by atoms with Crippen molar-refractivity contribution < 1.29 is 14.2 Å². The Labute approximate surface area is 175 Å². The molecule has 150 valence electrons. The number of hydrogen-bond acceptors (Lipinski definition) is 4. The summed E-state index contributed by atoms with van der Waals surface area (Å²) in [5.41, 5.74) is 2.94. The quantitative estimate of drug-likeness (QED) is 0.357. The zero-order valence-electron chi connectivity index (χ0n) is 16.9. The molecule has 0 spiro atoms. The van der Waals surface area contributed by atoms with Gasteiger partial charge in [-0.3, -0.25) is 4.99 Å². The summed E-state index contributed by atoms with van der Waals surface area (Å²) in [4.78, 5) is 4.55. The van der Waals surface area contributed by atoms with E-state index in [4.69, 9.17) is 14.2 Å². The summed E-state index contributed by atoms with van der Waals surface area (Å²) in [6.45, 7) is 0. The van der Waals surface area contributed by atoms with Crippen LogP contribution in [0.15, 0.2) is 96.2 Å². The lowest BCUT2D eigenvalue weighted by Gasteiger charge is -2.06.